The predicted molar refractivity (Wildman–Crippen MR) is 81.7 cm³/mol. The number of carbonyl (C=O) groups is 1. The van der Waals surface area contributed by atoms with Crippen LogP contribution in [-0.2, 0) is 0 Å². The summed E-state index contributed by atoms with van der Waals surface area (Å²) in [5.74, 6) is 0.325. The minimum Gasteiger partial charge on any atom is -0.497 e. The van der Waals surface area contributed by atoms with Gasteiger partial charge in [0.1, 0.15) is 5.75 Å². The van der Waals surface area contributed by atoms with Gasteiger partial charge >= 0.3 is 12.2 Å². The fourth-order valence-electron chi connectivity index (χ4n) is 2.73. The van der Waals surface area contributed by atoms with Gasteiger partial charge in [0.05, 0.1) is 13.2 Å². The van der Waals surface area contributed by atoms with E-state index in [0.717, 1.165) is 0 Å². The molecule has 0 aromatic heterocycles. The van der Waals surface area contributed by atoms with Crippen LogP contribution < -0.4 is 10.1 Å². The number of hydrogen-bond acceptors (Lipinski definition) is 3. The van der Waals surface area contributed by atoms with Crippen LogP contribution in [0, 0.1) is 5.92 Å². The minimum atomic E-state index is -4.62. The van der Waals surface area contributed by atoms with Crippen molar-refractivity contribution < 1.29 is 27.8 Å². The van der Waals surface area contributed by atoms with Crippen molar-refractivity contribution in [2.24, 2.45) is 5.92 Å². The molecule has 0 radical (unpaired) electrons. The Morgan fingerprint density at radius 1 is 1.38 bits per heavy atom. The van der Waals surface area contributed by atoms with E-state index >= 15 is 0 Å². The maximum Gasteiger partial charge on any atom is 0.412 e. The van der Waals surface area contributed by atoms with Gasteiger partial charge in [0, 0.05) is 19.0 Å². The summed E-state index contributed by atoms with van der Waals surface area (Å²) in [7, 11) is 1.42. The van der Waals surface area contributed by atoms with Crippen LogP contribution in [0.15, 0.2) is 24.3 Å². The topological polar surface area (TPSA) is 61.8 Å². The van der Waals surface area contributed by atoms with Gasteiger partial charge in [-0.05, 0) is 31.0 Å². The van der Waals surface area contributed by atoms with E-state index in [1.807, 2.05) is 0 Å². The number of urea groups is 1. The van der Waals surface area contributed by atoms with Crippen LogP contribution in [0.1, 0.15) is 24.9 Å². The van der Waals surface area contributed by atoms with Crippen molar-refractivity contribution >= 4 is 6.03 Å². The smallest absolute Gasteiger partial charge is 0.412 e. The molecule has 0 spiro atoms. The fraction of sp³-hybridized carbons (Fsp3) is 0.562. The van der Waals surface area contributed by atoms with E-state index in [1.54, 1.807) is 6.92 Å². The quantitative estimate of drug-likeness (QED) is 0.881. The van der Waals surface area contributed by atoms with Crippen molar-refractivity contribution in [1.29, 1.82) is 0 Å². The molecule has 2 amide bonds. The normalized spacial score (nSPS) is 20.6. The molecule has 1 heterocycles. The molecule has 24 heavy (non-hydrogen) atoms. The summed E-state index contributed by atoms with van der Waals surface area (Å²) >= 11 is 0. The molecular weight excluding hydrogens is 325 g/mol. The molecule has 2 N–H and O–H groups in total. The number of halogens is 3. The molecule has 1 fully saturated rings. The molecule has 5 nitrogen and oxygen atoms in total. The first-order chi connectivity index (χ1) is 11.2. The first kappa shape index (κ1) is 18.4. The van der Waals surface area contributed by atoms with Gasteiger partial charge in [-0.25, -0.2) is 4.79 Å². The van der Waals surface area contributed by atoms with E-state index in [-0.39, 0.29) is 18.0 Å². The lowest BCUT2D eigenvalue weighted by Crippen LogP contribution is -2.45. The monoisotopic (exact) mass is 346 g/mol. The number of rotatable bonds is 4. The number of ether oxygens (including phenoxy) is 1. The Kier molecular flexibility index (Phi) is 5.58. The molecule has 1 saturated heterocycles. The Hall–Kier alpha value is -1.96. The van der Waals surface area contributed by atoms with Crippen molar-refractivity contribution in [3.8, 4) is 5.75 Å². The Bertz CT molecular complexity index is 561. The van der Waals surface area contributed by atoms with E-state index in [1.165, 1.54) is 36.3 Å². The van der Waals surface area contributed by atoms with E-state index < -0.39 is 24.4 Å². The predicted octanol–water partition coefficient (Wildman–Crippen LogP) is 2.71. The molecule has 134 valence electrons. The first-order valence-corrected chi connectivity index (χ1v) is 7.66. The SMILES string of the molecule is COc1ccc([C@H](NC(=O)N2CC[C@H]([C@H](C)O)C2)C(F)(F)F)cc1. The number of methoxy groups -OCH3 is 1. The zero-order valence-electron chi connectivity index (χ0n) is 13.5. The van der Waals surface area contributed by atoms with Crippen LogP contribution in [0.25, 0.3) is 0 Å². The summed E-state index contributed by atoms with van der Waals surface area (Å²) in [5, 5.41) is 11.6. The fourth-order valence-corrected chi connectivity index (χ4v) is 2.73. The third-order valence-corrected chi connectivity index (χ3v) is 4.24. The average Bonchev–Trinajstić information content (AvgIpc) is 3.02. The lowest BCUT2D eigenvalue weighted by Gasteiger charge is -2.26. The van der Waals surface area contributed by atoms with Gasteiger partial charge in [-0.1, -0.05) is 12.1 Å². The number of aliphatic hydroxyl groups excluding tert-OH is 1. The summed E-state index contributed by atoms with van der Waals surface area (Å²) in [6, 6.07) is 2.51. The Morgan fingerprint density at radius 3 is 2.46 bits per heavy atom. The molecule has 0 saturated carbocycles. The Morgan fingerprint density at radius 2 is 2.00 bits per heavy atom. The van der Waals surface area contributed by atoms with E-state index in [2.05, 4.69) is 5.32 Å². The summed E-state index contributed by atoms with van der Waals surface area (Å²) in [4.78, 5) is 13.5. The average molecular weight is 346 g/mol. The highest BCUT2D eigenvalue weighted by molar-refractivity contribution is 5.75. The minimum absolute atomic E-state index is 0.0667. The molecule has 3 atom stereocenters. The second kappa shape index (κ2) is 7.29. The maximum atomic E-state index is 13.3. The van der Waals surface area contributed by atoms with Gasteiger partial charge in [-0.15, -0.1) is 0 Å². The Balaban J connectivity index is 2.10. The number of likely N-dealkylation sites (tertiary alicyclic amines) is 1. The molecule has 8 heteroatoms. The summed E-state index contributed by atoms with van der Waals surface area (Å²) < 4.78 is 44.9. The maximum absolute atomic E-state index is 13.3. The first-order valence-electron chi connectivity index (χ1n) is 7.66. The van der Waals surface area contributed by atoms with Crippen LogP contribution in [0.5, 0.6) is 5.75 Å². The molecule has 1 aromatic carbocycles. The van der Waals surface area contributed by atoms with Crippen LogP contribution in [0.3, 0.4) is 0 Å². The lowest BCUT2D eigenvalue weighted by molar-refractivity contribution is -0.155. The van der Waals surface area contributed by atoms with Gasteiger partial charge in [0.15, 0.2) is 6.04 Å². The molecule has 0 unspecified atom stereocenters. The van der Waals surface area contributed by atoms with E-state index in [9.17, 15) is 23.1 Å². The highest BCUT2D eigenvalue weighted by Crippen LogP contribution is 2.34. The second-order valence-electron chi connectivity index (χ2n) is 5.93. The van der Waals surface area contributed by atoms with Gasteiger partial charge in [-0.3, -0.25) is 0 Å². The van der Waals surface area contributed by atoms with Gasteiger partial charge < -0.3 is 20.1 Å². The molecule has 1 aliphatic rings. The number of alkyl halides is 3. The number of aliphatic hydroxyl groups is 1. The summed E-state index contributed by atoms with van der Waals surface area (Å²) in [6.07, 6.45) is -4.64. The zero-order chi connectivity index (χ0) is 17.9. The molecular formula is C16H21F3N2O3. The molecule has 0 bridgehead atoms. The van der Waals surface area contributed by atoms with Crippen molar-refractivity contribution in [2.75, 3.05) is 20.2 Å². The highest BCUT2D eigenvalue weighted by Gasteiger charge is 2.43. The summed E-state index contributed by atoms with van der Waals surface area (Å²) in [5.41, 5.74) is -0.0667. The third-order valence-electron chi connectivity index (χ3n) is 4.24. The molecule has 2 rings (SSSR count). The molecule has 1 aromatic rings. The number of carbonyl (C=O) groups excluding carboxylic acids is 1. The van der Waals surface area contributed by atoms with E-state index in [4.69, 9.17) is 4.74 Å². The third kappa shape index (κ3) is 4.31. The number of nitrogens with zero attached hydrogens (tertiary/aromatic N) is 1. The number of amides is 2. The standard InChI is InChI=1S/C16H21F3N2O3/c1-10(22)12-7-8-21(9-12)15(23)20-14(16(17,18)19)11-3-5-13(24-2)6-4-11/h3-6,10,12,14,22H,7-9H2,1-2H3,(H,20,23)/t10-,12-,14-/m0/s1. The van der Waals surface area contributed by atoms with Crippen LogP contribution in [-0.4, -0.2) is 48.5 Å². The van der Waals surface area contributed by atoms with Gasteiger partial charge in [-0.2, -0.15) is 13.2 Å². The van der Waals surface area contributed by atoms with Gasteiger partial charge in [0.25, 0.3) is 0 Å². The molecule has 1 aliphatic heterocycles. The van der Waals surface area contributed by atoms with Crippen LogP contribution in [0.2, 0.25) is 0 Å². The van der Waals surface area contributed by atoms with E-state index in [0.29, 0.717) is 18.7 Å². The second-order valence-corrected chi connectivity index (χ2v) is 5.93. The van der Waals surface area contributed by atoms with Crippen molar-refractivity contribution in [3.63, 3.8) is 0 Å². The largest absolute Gasteiger partial charge is 0.497 e. The van der Waals surface area contributed by atoms with Crippen LogP contribution in [0.4, 0.5) is 18.0 Å². The van der Waals surface area contributed by atoms with Crippen LogP contribution >= 0.6 is 0 Å². The molecule has 0 aliphatic carbocycles. The van der Waals surface area contributed by atoms with Crippen molar-refractivity contribution in [1.82, 2.24) is 10.2 Å². The number of hydrogen-bond donors (Lipinski definition) is 2. The lowest BCUT2D eigenvalue weighted by atomic mass is 10.0. The number of benzene rings is 1. The Labute approximate surface area is 138 Å². The zero-order valence-corrected chi connectivity index (χ0v) is 13.5. The van der Waals surface area contributed by atoms with Crippen molar-refractivity contribution in [3.05, 3.63) is 29.8 Å². The number of nitrogens with one attached hydrogen (secondary N) is 1. The highest BCUT2D eigenvalue weighted by atomic mass is 19.4. The van der Waals surface area contributed by atoms with Crippen molar-refractivity contribution in [2.45, 2.75) is 31.7 Å². The summed E-state index contributed by atoms with van der Waals surface area (Å²) in [6.45, 7) is 2.19. The van der Waals surface area contributed by atoms with Gasteiger partial charge in [0.2, 0.25) is 0 Å².